The van der Waals surface area contributed by atoms with Gasteiger partial charge in [0, 0.05) is 36.7 Å². The van der Waals surface area contributed by atoms with E-state index in [1.807, 2.05) is 53.8 Å². The molecule has 0 spiro atoms. The molecule has 6 nitrogen and oxygen atoms in total. The van der Waals surface area contributed by atoms with Gasteiger partial charge in [0.1, 0.15) is 0 Å². The third-order valence-electron chi connectivity index (χ3n) is 4.85. The highest BCUT2D eigenvalue weighted by Gasteiger charge is 2.34. The lowest BCUT2D eigenvalue weighted by Crippen LogP contribution is -2.40. The minimum Gasteiger partial charge on any atom is -0.308 e. The van der Waals surface area contributed by atoms with Gasteiger partial charge in [-0.25, -0.2) is 0 Å². The molecule has 1 aliphatic rings. The monoisotopic (exact) mass is 379 g/mol. The Hall–Kier alpha value is -2.67. The number of thioether (sulfide) groups is 1. The molecule has 4 rings (SSSR count). The number of nitrogens with zero attached hydrogens (tertiary/aromatic N) is 5. The average molecular weight is 379 g/mol. The fourth-order valence-electron chi connectivity index (χ4n) is 3.48. The van der Waals surface area contributed by atoms with Crippen molar-refractivity contribution in [3.8, 4) is 11.4 Å². The molecule has 2 aromatic heterocycles. The highest BCUT2D eigenvalue weighted by Crippen LogP contribution is 2.34. The van der Waals surface area contributed by atoms with Gasteiger partial charge in [-0.1, -0.05) is 30.0 Å². The number of hydrogen-bond donors (Lipinski definition) is 0. The molecule has 0 radical (unpaired) electrons. The van der Waals surface area contributed by atoms with E-state index in [9.17, 15) is 4.79 Å². The van der Waals surface area contributed by atoms with E-state index >= 15 is 0 Å². The summed E-state index contributed by atoms with van der Waals surface area (Å²) in [6.07, 6.45) is 4.36. The zero-order chi connectivity index (χ0) is 19.0. The van der Waals surface area contributed by atoms with Crippen molar-refractivity contribution in [1.29, 1.82) is 0 Å². The van der Waals surface area contributed by atoms with E-state index in [1.54, 1.807) is 12.4 Å². The van der Waals surface area contributed by atoms with Crippen LogP contribution in [-0.2, 0) is 18.3 Å². The van der Waals surface area contributed by atoms with E-state index < -0.39 is 0 Å². The highest BCUT2D eigenvalue weighted by atomic mass is 32.2. The maximum Gasteiger partial charge on any atom is 0.240 e. The zero-order valence-corrected chi connectivity index (χ0v) is 16.3. The Bertz CT molecular complexity index is 972. The molecular weight excluding hydrogens is 358 g/mol. The Morgan fingerprint density at radius 3 is 2.70 bits per heavy atom. The second-order valence-electron chi connectivity index (χ2n) is 6.75. The first-order valence-electron chi connectivity index (χ1n) is 8.93. The summed E-state index contributed by atoms with van der Waals surface area (Å²) < 4.78 is 1.92. The van der Waals surface area contributed by atoms with Crippen molar-refractivity contribution >= 4 is 23.4 Å². The lowest BCUT2D eigenvalue weighted by atomic mass is 10.1. The molecule has 0 bridgehead atoms. The van der Waals surface area contributed by atoms with Gasteiger partial charge >= 0.3 is 0 Å². The summed E-state index contributed by atoms with van der Waals surface area (Å²) >= 11 is 1.44. The molecule has 3 heterocycles. The zero-order valence-electron chi connectivity index (χ0n) is 15.5. The molecule has 1 aliphatic heterocycles. The molecule has 0 N–H and O–H groups in total. The summed E-state index contributed by atoms with van der Waals surface area (Å²) in [7, 11) is 1.92. The van der Waals surface area contributed by atoms with Crippen molar-refractivity contribution in [3.05, 3.63) is 54.4 Å². The van der Waals surface area contributed by atoms with Crippen LogP contribution in [-0.4, -0.2) is 36.9 Å². The first-order valence-corrected chi connectivity index (χ1v) is 9.81. The fraction of sp³-hybridized carbons (Fsp3) is 0.300. The third-order valence-corrected chi connectivity index (χ3v) is 5.97. The normalized spacial score (nSPS) is 17.0. The van der Waals surface area contributed by atoms with E-state index in [0.29, 0.717) is 0 Å². The number of carbonyl (C=O) groups is 1. The van der Waals surface area contributed by atoms with Gasteiger partial charge in [0.05, 0.1) is 5.25 Å². The maximum absolute atomic E-state index is 13.2. The van der Waals surface area contributed by atoms with Crippen LogP contribution >= 0.6 is 11.8 Å². The summed E-state index contributed by atoms with van der Waals surface area (Å²) in [5, 5.41) is 9.04. The van der Waals surface area contributed by atoms with Gasteiger partial charge in [0.15, 0.2) is 11.0 Å². The van der Waals surface area contributed by atoms with Crippen molar-refractivity contribution < 1.29 is 4.79 Å². The van der Waals surface area contributed by atoms with E-state index in [-0.39, 0.29) is 17.2 Å². The molecule has 2 atom stereocenters. The molecule has 0 fully saturated rings. The number of carbonyl (C=O) groups excluding carboxylic acids is 1. The smallest absolute Gasteiger partial charge is 0.240 e. The molecule has 1 aromatic carbocycles. The van der Waals surface area contributed by atoms with E-state index in [1.165, 1.54) is 17.3 Å². The lowest BCUT2D eigenvalue weighted by molar-refractivity contribution is -0.118. The first kappa shape index (κ1) is 17.7. The summed E-state index contributed by atoms with van der Waals surface area (Å²) in [5.74, 6) is 0.866. The number of rotatable bonds is 4. The molecule has 27 heavy (non-hydrogen) atoms. The van der Waals surface area contributed by atoms with E-state index in [4.69, 9.17) is 0 Å². The van der Waals surface area contributed by atoms with E-state index in [0.717, 1.165) is 28.7 Å². The van der Waals surface area contributed by atoms with Gasteiger partial charge < -0.3 is 9.47 Å². The van der Waals surface area contributed by atoms with Gasteiger partial charge in [0.25, 0.3) is 0 Å². The Morgan fingerprint density at radius 2 is 1.93 bits per heavy atom. The van der Waals surface area contributed by atoms with Gasteiger partial charge in [-0.15, -0.1) is 10.2 Å². The van der Waals surface area contributed by atoms with Crippen molar-refractivity contribution in [3.63, 3.8) is 0 Å². The maximum atomic E-state index is 13.2. The second kappa shape index (κ2) is 7.15. The van der Waals surface area contributed by atoms with Crippen LogP contribution in [0.1, 0.15) is 19.4 Å². The predicted molar refractivity (Wildman–Crippen MR) is 107 cm³/mol. The van der Waals surface area contributed by atoms with Crippen LogP contribution in [0, 0.1) is 0 Å². The number of fused-ring (bicyclic) bond motifs is 1. The van der Waals surface area contributed by atoms with Gasteiger partial charge in [-0.05, 0) is 44.0 Å². The first-order chi connectivity index (χ1) is 13.1. The van der Waals surface area contributed by atoms with Crippen molar-refractivity contribution in [2.24, 2.45) is 7.05 Å². The number of amides is 1. The molecule has 7 heteroatoms. The molecule has 0 saturated heterocycles. The van der Waals surface area contributed by atoms with Gasteiger partial charge in [0.2, 0.25) is 5.91 Å². The van der Waals surface area contributed by atoms with Crippen LogP contribution in [0.2, 0.25) is 0 Å². The standard InChI is InChI=1S/C20H21N5OS/c1-13-12-16-6-4-5-7-17(16)25(13)19(26)14(2)27-20-23-22-18(24(20)3)15-8-10-21-11-9-15/h4-11,13-14H,12H2,1-3H3/t13-,14+/m0/s1. The Kier molecular flexibility index (Phi) is 4.70. The SMILES string of the molecule is C[C@@H](Sc1nnc(-c2ccncc2)n1C)C(=O)N1c2ccccc2C[C@@H]1C. The number of para-hydroxylation sites is 1. The van der Waals surface area contributed by atoms with Crippen LogP contribution in [0.25, 0.3) is 11.4 Å². The van der Waals surface area contributed by atoms with E-state index in [2.05, 4.69) is 28.2 Å². The molecular formula is C20H21N5OS. The van der Waals surface area contributed by atoms with Crippen molar-refractivity contribution in [2.45, 2.75) is 36.7 Å². The number of pyridine rings is 1. The molecule has 0 unspecified atom stereocenters. The minimum atomic E-state index is -0.258. The second-order valence-corrected chi connectivity index (χ2v) is 8.06. The Morgan fingerprint density at radius 1 is 1.19 bits per heavy atom. The molecule has 138 valence electrons. The lowest BCUT2D eigenvalue weighted by Gasteiger charge is -2.25. The summed E-state index contributed by atoms with van der Waals surface area (Å²) in [6.45, 7) is 4.03. The van der Waals surface area contributed by atoms with Crippen LogP contribution in [0.15, 0.2) is 53.9 Å². The molecule has 3 aromatic rings. The molecule has 0 aliphatic carbocycles. The van der Waals surface area contributed by atoms with Crippen molar-refractivity contribution in [1.82, 2.24) is 19.7 Å². The third kappa shape index (κ3) is 3.23. The predicted octanol–water partition coefficient (Wildman–Crippen LogP) is 3.34. The fourth-order valence-corrected chi connectivity index (χ4v) is 4.34. The van der Waals surface area contributed by atoms with Crippen LogP contribution in [0.4, 0.5) is 5.69 Å². The van der Waals surface area contributed by atoms with Crippen LogP contribution in [0.5, 0.6) is 0 Å². The summed E-state index contributed by atoms with van der Waals surface area (Å²) in [6, 6.07) is 12.1. The minimum absolute atomic E-state index is 0.103. The summed E-state index contributed by atoms with van der Waals surface area (Å²) in [5.41, 5.74) is 3.21. The van der Waals surface area contributed by atoms with Crippen molar-refractivity contribution in [2.75, 3.05) is 4.90 Å². The Labute approximate surface area is 162 Å². The van der Waals surface area contributed by atoms with Crippen LogP contribution in [0.3, 0.4) is 0 Å². The topological polar surface area (TPSA) is 63.9 Å². The highest BCUT2D eigenvalue weighted by molar-refractivity contribution is 8.00. The number of hydrogen-bond acceptors (Lipinski definition) is 5. The number of aromatic nitrogens is 4. The molecule has 1 amide bonds. The Balaban J connectivity index is 1.54. The number of benzene rings is 1. The van der Waals surface area contributed by atoms with Crippen LogP contribution < -0.4 is 4.90 Å². The van der Waals surface area contributed by atoms with Gasteiger partial charge in [-0.2, -0.15) is 0 Å². The largest absolute Gasteiger partial charge is 0.308 e. The quantitative estimate of drug-likeness (QED) is 0.651. The average Bonchev–Trinajstić information content (AvgIpc) is 3.21. The summed E-state index contributed by atoms with van der Waals surface area (Å²) in [4.78, 5) is 19.1. The van der Waals surface area contributed by atoms with Gasteiger partial charge in [-0.3, -0.25) is 9.78 Å². The molecule has 0 saturated carbocycles. The number of anilines is 1.